The van der Waals surface area contributed by atoms with Gasteiger partial charge in [0.05, 0.1) is 11.4 Å². The molecule has 1 aromatic carbocycles. The summed E-state index contributed by atoms with van der Waals surface area (Å²) >= 11 is 0. The Morgan fingerprint density at radius 2 is 2.30 bits per heavy atom. The van der Waals surface area contributed by atoms with Crippen LogP contribution < -0.4 is 10.6 Å². The third-order valence-electron chi connectivity index (χ3n) is 4.26. The summed E-state index contributed by atoms with van der Waals surface area (Å²) in [6.07, 6.45) is 4.59. The Morgan fingerprint density at radius 3 is 3.15 bits per heavy atom. The third-order valence-corrected chi connectivity index (χ3v) is 4.26. The first-order chi connectivity index (χ1) is 9.74. The predicted molar refractivity (Wildman–Crippen MR) is 82.2 cm³/mol. The number of nitrogens with zero attached hydrogens (tertiary/aromatic N) is 1. The van der Waals surface area contributed by atoms with E-state index >= 15 is 0 Å². The number of fused-ring (bicyclic) bond motifs is 1. The number of amides is 2. The third kappa shape index (κ3) is 2.74. The van der Waals surface area contributed by atoms with Crippen molar-refractivity contribution in [2.24, 2.45) is 5.92 Å². The summed E-state index contributed by atoms with van der Waals surface area (Å²) in [7, 11) is 0. The molecule has 0 saturated carbocycles. The van der Waals surface area contributed by atoms with Gasteiger partial charge in [0.25, 0.3) is 0 Å². The SMILES string of the molecule is CC1CCCN(C(=O)Nc2cccc3c2NCCC3)C1. The molecular weight excluding hydrogens is 250 g/mol. The summed E-state index contributed by atoms with van der Waals surface area (Å²) < 4.78 is 0. The fraction of sp³-hybridized carbons (Fsp3) is 0.562. The van der Waals surface area contributed by atoms with Crippen molar-refractivity contribution in [3.63, 3.8) is 0 Å². The van der Waals surface area contributed by atoms with Crippen LogP contribution in [-0.4, -0.2) is 30.6 Å². The number of piperidine rings is 1. The molecule has 2 aliphatic heterocycles. The molecule has 2 aliphatic rings. The fourth-order valence-electron chi connectivity index (χ4n) is 3.18. The molecule has 0 aromatic heterocycles. The van der Waals surface area contributed by atoms with Crippen LogP contribution in [0.25, 0.3) is 0 Å². The molecule has 1 unspecified atom stereocenters. The van der Waals surface area contributed by atoms with Crippen LogP contribution in [0, 0.1) is 5.92 Å². The second-order valence-electron chi connectivity index (χ2n) is 5.99. The molecule has 2 N–H and O–H groups in total. The molecule has 108 valence electrons. The van der Waals surface area contributed by atoms with E-state index in [1.807, 2.05) is 17.0 Å². The maximum absolute atomic E-state index is 12.4. The first-order valence-corrected chi connectivity index (χ1v) is 7.66. The van der Waals surface area contributed by atoms with E-state index in [0.29, 0.717) is 5.92 Å². The van der Waals surface area contributed by atoms with Gasteiger partial charge in [-0.2, -0.15) is 0 Å². The average molecular weight is 273 g/mol. The molecule has 0 spiro atoms. The highest BCUT2D eigenvalue weighted by Crippen LogP contribution is 2.30. The lowest BCUT2D eigenvalue weighted by molar-refractivity contribution is 0.182. The Hall–Kier alpha value is -1.71. The lowest BCUT2D eigenvalue weighted by Gasteiger charge is -2.31. The van der Waals surface area contributed by atoms with Gasteiger partial charge in [0.15, 0.2) is 0 Å². The summed E-state index contributed by atoms with van der Waals surface area (Å²) in [4.78, 5) is 14.3. The van der Waals surface area contributed by atoms with Gasteiger partial charge < -0.3 is 15.5 Å². The van der Waals surface area contributed by atoms with Gasteiger partial charge in [0.2, 0.25) is 0 Å². The summed E-state index contributed by atoms with van der Waals surface area (Å²) in [6.45, 7) is 4.94. The number of para-hydroxylation sites is 1. The Balaban J connectivity index is 1.72. The van der Waals surface area contributed by atoms with E-state index in [0.717, 1.165) is 50.3 Å². The van der Waals surface area contributed by atoms with Crippen LogP contribution in [0.2, 0.25) is 0 Å². The Bertz CT molecular complexity index is 500. The van der Waals surface area contributed by atoms with Crippen molar-refractivity contribution in [1.29, 1.82) is 0 Å². The van der Waals surface area contributed by atoms with Gasteiger partial charge in [-0.1, -0.05) is 19.1 Å². The van der Waals surface area contributed by atoms with Gasteiger partial charge >= 0.3 is 6.03 Å². The smallest absolute Gasteiger partial charge is 0.321 e. The van der Waals surface area contributed by atoms with Gasteiger partial charge in [-0.05, 0) is 43.2 Å². The summed E-state index contributed by atoms with van der Waals surface area (Å²) in [6, 6.07) is 6.19. The summed E-state index contributed by atoms with van der Waals surface area (Å²) in [5.41, 5.74) is 3.34. The summed E-state index contributed by atoms with van der Waals surface area (Å²) in [5.74, 6) is 0.609. The molecule has 0 radical (unpaired) electrons. The minimum atomic E-state index is 0.0392. The van der Waals surface area contributed by atoms with E-state index in [1.165, 1.54) is 12.0 Å². The lowest BCUT2D eigenvalue weighted by Crippen LogP contribution is -2.41. The standard InChI is InChI=1S/C16H23N3O/c1-12-5-4-10-19(11-12)16(20)18-14-8-2-6-13-7-3-9-17-15(13)14/h2,6,8,12,17H,3-5,7,9-11H2,1H3,(H,18,20). The second-order valence-corrected chi connectivity index (χ2v) is 5.99. The van der Waals surface area contributed by atoms with E-state index in [1.54, 1.807) is 0 Å². The van der Waals surface area contributed by atoms with Crippen LogP contribution in [-0.2, 0) is 6.42 Å². The van der Waals surface area contributed by atoms with E-state index in [-0.39, 0.29) is 6.03 Å². The topological polar surface area (TPSA) is 44.4 Å². The second kappa shape index (κ2) is 5.73. The number of aryl methyl sites for hydroxylation is 1. The van der Waals surface area contributed by atoms with Crippen LogP contribution in [0.1, 0.15) is 31.7 Å². The highest BCUT2D eigenvalue weighted by Gasteiger charge is 2.22. The summed E-state index contributed by atoms with van der Waals surface area (Å²) in [5, 5.41) is 6.50. The van der Waals surface area contributed by atoms with Gasteiger partial charge in [-0.15, -0.1) is 0 Å². The molecule has 1 aromatic rings. The number of hydrogen-bond donors (Lipinski definition) is 2. The Kier molecular flexibility index (Phi) is 3.81. The zero-order chi connectivity index (χ0) is 13.9. The molecule has 1 fully saturated rings. The van der Waals surface area contributed by atoms with Crippen molar-refractivity contribution in [3.8, 4) is 0 Å². The number of rotatable bonds is 1. The van der Waals surface area contributed by atoms with Gasteiger partial charge in [0.1, 0.15) is 0 Å². The molecule has 2 heterocycles. The number of likely N-dealkylation sites (tertiary alicyclic amines) is 1. The first kappa shape index (κ1) is 13.3. The van der Waals surface area contributed by atoms with Crippen LogP contribution in [0.3, 0.4) is 0 Å². The van der Waals surface area contributed by atoms with Crippen molar-refractivity contribution in [2.75, 3.05) is 30.3 Å². The zero-order valence-electron chi connectivity index (χ0n) is 12.1. The number of anilines is 2. The van der Waals surface area contributed by atoms with Crippen LogP contribution in [0.15, 0.2) is 18.2 Å². The highest BCUT2D eigenvalue weighted by atomic mass is 16.2. The highest BCUT2D eigenvalue weighted by molar-refractivity contribution is 5.94. The molecule has 4 nitrogen and oxygen atoms in total. The molecule has 20 heavy (non-hydrogen) atoms. The lowest BCUT2D eigenvalue weighted by atomic mass is 10.0. The molecule has 0 bridgehead atoms. The number of carbonyl (C=O) groups excluding carboxylic acids is 1. The van der Waals surface area contributed by atoms with Crippen molar-refractivity contribution in [3.05, 3.63) is 23.8 Å². The Morgan fingerprint density at radius 1 is 1.40 bits per heavy atom. The normalized spacial score (nSPS) is 21.9. The van der Waals surface area contributed by atoms with E-state index in [9.17, 15) is 4.79 Å². The molecule has 0 aliphatic carbocycles. The molecule has 1 saturated heterocycles. The monoisotopic (exact) mass is 273 g/mol. The number of hydrogen-bond acceptors (Lipinski definition) is 2. The van der Waals surface area contributed by atoms with Gasteiger partial charge in [-0.25, -0.2) is 4.79 Å². The maximum Gasteiger partial charge on any atom is 0.321 e. The number of carbonyl (C=O) groups is 1. The van der Waals surface area contributed by atoms with E-state index in [2.05, 4.69) is 23.6 Å². The van der Waals surface area contributed by atoms with Crippen molar-refractivity contribution >= 4 is 17.4 Å². The minimum absolute atomic E-state index is 0.0392. The first-order valence-electron chi connectivity index (χ1n) is 7.66. The zero-order valence-corrected chi connectivity index (χ0v) is 12.1. The maximum atomic E-state index is 12.4. The van der Waals surface area contributed by atoms with Crippen LogP contribution in [0.5, 0.6) is 0 Å². The molecule has 4 heteroatoms. The molecule has 1 atom stereocenters. The molecule has 3 rings (SSSR count). The number of benzene rings is 1. The largest absolute Gasteiger partial charge is 0.383 e. The number of nitrogens with one attached hydrogen (secondary N) is 2. The molecular formula is C16H23N3O. The Labute approximate surface area is 120 Å². The van der Waals surface area contributed by atoms with Crippen molar-refractivity contribution < 1.29 is 4.79 Å². The number of urea groups is 1. The van der Waals surface area contributed by atoms with Crippen LogP contribution >= 0.6 is 0 Å². The van der Waals surface area contributed by atoms with Gasteiger partial charge in [-0.3, -0.25) is 0 Å². The predicted octanol–water partition coefficient (Wildman–Crippen LogP) is 3.31. The average Bonchev–Trinajstić information content (AvgIpc) is 2.47. The molecule has 2 amide bonds. The van der Waals surface area contributed by atoms with Crippen molar-refractivity contribution in [2.45, 2.75) is 32.6 Å². The minimum Gasteiger partial charge on any atom is -0.383 e. The van der Waals surface area contributed by atoms with Crippen molar-refractivity contribution in [1.82, 2.24) is 4.90 Å². The quantitative estimate of drug-likeness (QED) is 0.824. The fourth-order valence-corrected chi connectivity index (χ4v) is 3.18. The van der Waals surface area contributed by atoms with Crippen LogP contribution in [0.4, 0.5) is 16.2 Å². The van der Waals surface area contributed by atoms with E-state index in [4.69, 9.17) is 0 Å². The van der Waals surface area contributed by atoms with E-state index < -0.39 is 0 Å². The van der Waals surface area contributed by atoms with Gasteiger partial charge in [0, 0.05) is 19.6 Å².